The number of hydrogen-bond acceptors (Lipinski definition) is 1. The molecular formula is C12H13BrFNO. The highest BCUT2D eigenvalue weighted by Crippen LogP contribution is 2.25. The Morgan fingerprint density at radius 3 is 2.88 bits per heavy atom. The molecule has 1 aromatic rings. The average Bonchev–Trinajstić information content (AvgIpc) is 2.19. The van der Waals surface area contributed by atoms with Gasteiger partial charge in [0.1, 0.15) is 5.82 Å². The lowest BCUT2D eigenvalue weighted by Gasteiger charge is -2.25. The monoisotopic (exact) mass is 285 g/mol. The number of hydrogen-bond donors (Lipinski definition) is 1. The van der Waals surface area contributed by atoms with Crippen molar-refractivity contribution in [2.24, 2.45) is 5.92 Å². The summed E-state index contributed by atoms with van der Waals surface area (Å²) >= 11 is 3.24. The summed E-state index contributed by atoms with van der Waals surface area (Å²) < 4.78 is 13.6. The molecular weight excluding hydrogens is 273 g/mol. The highest BCUT2D eigenvalue weighted by Gasteiger charge is 2.19. The molecule has 2 nitrogen and oxygen atoms in total. The molecule has 2 rings (SSSR count). The lowest BCUT2D eigenvalue weighted by atomic mass is 9.85. The quantitative estimate of drug-likeness (QED) is 0.908. The second-order valence-corrected chi connectivity index (χ2v) is 4.99. The second-order valence-electron chi connectivity index (χ2n) is 4.13. The van der Waals surface area contributed by atoms with Crippen LogP contribution in [0.1, 0.15) is 29.6 Å². The van der Waals surface area contributed by atoms with Crippen LogP contribution in [0.15, 0.2) is 22.7 Å². The third-order valence-corrected chi connectivity index (χ3v) is 3.64. The summed E-state index contributed by atoms with van der Waals surface area (Å²) in [6.07, 6.45) is 3.62. The first-order chi connectivity index (χ1) is 7.66. The van der Waals surface area contributed by atoms with E-state index in [1.54, 1.807) is 6.07 Å². The van der Waals surface area contributed by atoms with Gasteiger partial charge in [0.05, 0.1) is 5.56 Å². The average molecular weight is 286 g/mol. The highest BCUT2D eigenvalue weighted by atomic mass is 79.9. The van der Waals surface area contributed by atoms with Crippen LogP contribution in [0, 0.1) is 11.7 Å². The van der Waals surface area contributed by atoms with E-state index in [2.05, 4.69) is 21.2 Å². The largest absolute Gasteiger partial charge is 0.352 e. The molecule has 1 amide bonds. The summed E-state index contributed by atoms with van der Waals surface area (Å²) in [5, 5.41) is 2.83. The number of rotatable bonds is 3. The van der Waals surface area contributed by atoms with E-state index >= 15 is 0 Å². The molecule has 0 heterocycles. The van der Waals surface area contributed by atoms with Gasteiger partial charge in [0.25, 0.3) is 5.91 Å². The molecule has 0 atom stereocenters. The van der Waals surface area contributed by atoms with E-state index in [-0.39, 0.29) is 5.91 Å². The van der Waals surface area contributed by atoms with Gasteiger partial charge < -0.3 is 5.32 Å². The zero-order valence-electron chi connectivity index (χ0n) is 8.80. The van der Waals surface area contributed by atoms with Crippen molar-refractivity contribution in [1.29, 1.82) is 0 Å². The predicted octanol–water partition coefficient (Wildman–Crippen LogP) is 3.12. The third kappa shape index (κ3) is 2.61. The first-order valence-electron chi connectivity index (χ1n) is 5.40. The lowest BCUT2D eigenvalue weighted by molar-refractivity contribution is 0.0938. The fourth-order valence-corrected chi connectivity index (χ4v) is 2.13. The van der Waals surface area contributed by atoms with E-state index in [0.29, 0.717) is 22.5 Å². The van der Waals surface area contributed by atoms with E-state index in [0.717, 1.165) is 0 Å². The highest BCUT2D eigenvalue weighted by molar-refractivity contribution is 9.10. The minimum Gasteiger partial charge on any atom is -0.352 e. The van der Waals surface area contributed by atoms with Crippen molar-refractivity contribution in [3.05, 3.63) is 34.1 Å². The second kappa shape index (κ2) is 4.95. The SMILES string of the molecule is O=C(NCC1CCC1)c1cc(F)ccc1Br. The van der Waals surface area contributed by atoms with Crippen LogP contribution in [0.5, 0.6) is 0 Å². The zero-order valence-corrected chi connectivity index (χ0v) is 10.4. The molecule has 16 heavy (non-hydrogen) atoms. The van der Waals surface area contributed by atoms with Gasteiger partial charge >= 0.3 is 0 Å². The topological polar surface area (TPSA) is 29.1 Å². The number of halogens is 2. The Morgan fingerprint density at radius 1 is 1.50 bits per heavy atom. The molecule has 1 aliphatic carbocycles. The normalized spacial score (nSPS) is 15.6. The van der Waals surface area contributed by atoms with Crippen LogP contribution in [-0.2, 0) is 0 Å². The molecule has 0 spiro atoms. The molecule has 1 N–H and O–H groups in total. The van der Waals surface area contributed by atoms with Gasteiger partial charge in [0, 0.05) is 11.0 Å². The van der Waals surface area contributed by atoms with Gasteiger partial charge in [-0.2, -0.15) is 0 Å². The first kappa shape index (κ1) is 11.6. The van der Waals surface area contributed by atoms with Crippen LogP contribution < -0.4 is 5.32 Å². The standard InChI is InChI=1S/C12H13BrFNO/c13-11-5-4-9(14)6-10(11)12(16)15-7-8-2-1-3-8/h4-6,8H,1-3,7H2,(H,15,16). The van der Waals surface area contributed by atoms with Crippen molar-refractivity contribution in [3.8, 4) is 0 Å². The fourth-order valence-electron chi connectivity index (χ4n) is 1.70. The minimum absolute atomic E-state index is 0.210. The van der Waals surface area contributed by atoms with Gasteiger partial charge in [0.2, 0.25) is 0 Å². The van der Waals surface area contributed by atoms with Crippen molar-refractivity contribution in [2.75, 3.05) is 6.54 Å². The zero-order chi connectivity index (χ0) is 11.5. The third-order valence-electron chi connectivity index (χ3n) is 2.95. The van der Waals surface area contributed by atoms with Crippen LogP contribution in [0.4, 0.5) is 4.39 Å². The van der Waals surface area contributed by atoms with E-state index in [1.807, 2.05) is 0 Å². The number of carbonyl (C=O) groups excluding carboxylic acids is 1. The maximum Gasteiger partial charge on any atom is 0.252 e. The summed E-state index contributed by atoms with van der Waals surface area (Å²) in [5.41, 5.74) is 0.360. The Balaban J connectivity index is 1.99. The van der Waals surface area contributed by atoms with E-state index < -0.39 is 5.82 Å². The molecule has 1 fully saturated rings. The van der Waals surface area contributed by atoms with Crippen molar-refractivity contribution >= 4 is 21.8 Å². The van der Waals surface area contributed by atoms with Crippen molar-refractivity contribution in [2.45, 2.75) is 19.3 Å². The molecule has 4 heteroatoms. The van der Waals surface area contributed by atoms with Gasteiger partial charge in [-0.05, 0) is 52.9 Å². The van der Waals surface area contributed by atoms with E-state index in [4.69, 9.17) is 0 Å². The van der Waals surface area contributed by atoms with E-state index in [1.165, 1.54) is 31.4 Å². The van der Waals surface area contributed by atoms with Crippen LogP contribution in [-0.4, -0.2) is 12.5 Å². The Hall–Kier alpha value is -0.900. The Kier molecular flexibility index (Phi) is 3.59. The lowest BCUT2D eigenvalue weighted by Crippen LogP contribution is -2.32. The smallest absolute Gasteiger partial charge is 0.252 e. The van der Waals surface area contributed by atoms with Crippen LogP contribution in [0.3, 0.4) is 0 Å². The number of nitrogens with one attached hydrogen (secondary N) is 1. The maximum atomic E-state index is 13.0. The fraction of sp³-hybridized carbons (Fsp3) is 0.417. The van der Waals surface area contributed by atoms with Gasteiger partial charge in [-0.15, -0.1) is 0 Å². The molecule has 0 bridgehead atoms. The van der Waals surface area contributed by atoms with Crippen LogP contribution in [0.2, 0.25) is 0 Å². The van der Waals surface area contributed by atoms with Crippen molar-refractivity contribution in [3.63, 3.8) is 0 Å². The number of benzene rings is 1. The molecule has 0 radical (unpaired) electrons. The molecule has 0 unspecified atom stereocenters. The van der Waals surface area contributed by atoms with Crippen molar-refractivity contribution < 1.29 is 9.18 Å². The predicted molar refractivity (Wildman–Crippen MR) is 63.8 cm³/mol. The van der Waals surface area contributed by atoms with Crippen LogP contribution in [0.25, 0.3) is 0 Å². The first-order valence-corrected chi connectivity index (χ1v) is 6.19. The Labute approximate surface area is 102 Å². The van der Waals surface area contributed by atoms with Gasteiger partial charge in [0.15, 0.2) is 0 Å². The summed E-state index contributed by atoms with van der Waals surface area (Å²) in [6.45, 7) is 0.696. The summed E-state index contributed by atoms with van der Waals surface area (Å²) in [4.78, 5) is 11.8. The molecule has 1 aliphatic rings. The molecule has 1 saturated carbocycles. The van der Waals surface area contributed by atoms with Crippen molar-refractivity contribution in [1.82, 2.24) is 5.32 Å². The summed E-state index contributed by atoms with van der Waals surface area (Å²) in [5.74, 6) is 0.00607. The molecule has 1 aromatic carbocycles. The molecule has 0 aromatic heterocycles. The Morgan fingerprint density at radius 2 is 2.25 bits per heavy atom. The summed E-state index contributed by atoms with van der Waals surface area (Å²) in [6, 6.07) is 4.13. The van der Waals surface area contributed by atoms with E-state index in [9.17, 15) is 9.18 Å². The van der Waals surface area contributed by atoms with Gasteiger partial charge in [-0.1, -0.05) is 6.42 Å². The number of carbonyl (C=O) groups is 1. The minimum atomic E-state index is -0.392. The molecule has 0 aliphatic heterocycles. The Bertz CT molecular complexity index is 404. The van der Waals surface area contributed by atoms with Gasteiger partial charge in [-0.3, -0.25) is 4.79 Å². The molecule has 0 saturated heterocycles. The summed E-state index contributed by atoms with van der Waals surface area (Å²) in [7, 11) is 0. The van der Waals surface area contributed by atoms with Gasteiger partial charge in [-0.25, -0.2) is 4.39 Å². The molecule has 86 valence electrons. The maximum absolute atomic E-state index is 13.0. The number of amides is 1. The van der Waals surface area contributed by atoms with Crippen LogP contribution >= 0.6 is 15.9 Å².